The number of carbonyl (C=O) groups is 1. The number of anilines is 1. The fourth-order valence-corrected chi connectivity index (χ4v) is 2.89. The van der Waals surface area contributed by atoms with Gasteiger partial charge in [-0.1, -0.05) is 66.7 Å². The molecule has 24 heavy (non-hydrogen) atoms. The summed E-state index contributed by atoms with van der Waals surface area (Å²) in [5.41, 5.74) is 4.50. The molecular weight excluding hydrogens is 301 g/mol. The predicted molar refractivity (Wildman–Crippen MR) is 94.8 cm³/mol. The van der Waals surface area contributed by atoms with Crippen LogP contribution in [-0.2, 0) is 4.79 Å². The number of nitrogens with one attached hydrogen (secondary N) is 1. The van der Waals surface area contributed by atoms with Crippen molar-refractivity contribution in [2.75, 3.05) is 5.32 Å². The molecule has 0 bridgehead atoms. The lowest BCUT2D eigenvalue weighted by Gasteiger charge is -2.03. The van der Waals surface area contributed by atoms with Gasteiger partial charge in [0.2, 0.25) is 0 Å². The molecule has 116 valence electrons. The molecule has 0 saturated carbocycles. The second kappa shape index (κ2) is 5.78. The van der Waals surface area contributed by atoms with Crippen LogP contribution in [0.5, 0.6) is 0 Å². The van der Waals surface area contributed by atoms with E-state index in [4.69, 9.17) is 0 Å². The van der Waals surface area contributed by atoms with Gasteiger partial charge < -0.3 is 5.32 Å². The standard InChI is InChI=1S/C21H14FNO/c22-19-8-4-7-17-18(21(24)23-20(17)19)13-14-9-11-16(12-10-14)15-5-2-1-3-6-15/h1-13H,(H,23,24)/b18-13-. The first kappa shape index (κ1) is 14.4. The van der Waals surface area contributed by atoms with Gasteiger partial charge in [-0.2, -0.15) is 0 Å². The van der Waals surface area contributed by atoms with Crippen molar-refractivity contribution in [3.05, 3.63) is 89.7 Å². The summed E-state index contributed by atoms with van der Waals surface area (Å²) >= 11 is 0. The normalized spacial score (nSPS) is 14.5. The predicted octanol–water partition coefficient (Wildman–Crippen LogP) is 4.99. The average Bonchev–Trinajstić information content (AvgIpc) is 2.94. The number of para-hydroxylation sites is 1. The summed E-state index contributed by atoms with van der Waals surface area (Å²) in [5, 5.41) is 2.59. The third-order valence-corrected chi connectivity index (χ3v) is 4.12. The first-order valence-corrected chi connectivity index (χ1v) is 7.70. The van der Waals surface area contributed by atoms with Crippen LogP contribution in [-0.4, -0.2) is 5.91 Å². The van der Waals surface area contributed by atoms with Gasteiger partial charge in [0.25, 0.3) is 5.91 Å². The summed E-state index contributed by atoms with van der Waals surface area (Å²) in [5.74, 6) is -0.689. The number of rotatable bonds is 2. The third-order valence-electron chi connectivity index (χ3n) is 4.12. The van der Waals surface area contributed by atoms with Crippen LogP contribution >= 0.6 is 0 Å². The molecule has 4 rings (SSSR count). The Balaban J connectivity index is 1.70. The maximum absolute atomic E-state index is 13.8. The lowest BCUT2D eigenvalue weighted by molar-refractivity contribution is -0.110. The van der Waals surface area contributed by atoms with E-state index in [1.807, 2.05) is 42.5 Å². The fourth-order valence-electron chi connectivity index (χ4n) is 2.89. The van der Waals surface area contributed by atoms with Gasteiger partial charge in [0, 0.05) is 11.1 Å². The Morgan fingerprint density at radius 3 is 2.25 bits per heavy atom. The van der Waals surface area contributed by atoms with Crippen LogP contribution in [0.25, 0.3) is 22.8 Å². The molecule has 0 saturated heterocycles. The molecule has 1 amide bonds. The number of fused-ring (bicyclic) bond motifs is 1. The molecule has 0 fully saturated rings. The van der Waals surface area contributed by atoms with E-state index in [0.29, 0.717) is 11.1 Å². The Morgan fingerprint density at radius 1 is 0.792 bits per heavy atom. The molecule has 1 heterocycles. The molecule has 1 N–H and O–H groups in total. The molecule has 0 unspecified atom stereocenters. The van der Waals surface area contributed by atoms with Gasteiger partial charge in [-0.3, -0.25) is 4.79 Å². The molecule has 0 aliphatic carbocycles. The van der Waals surface area contributed by atoms with Gasteiger partial charge in [-0.25, -0.2) is 4.39 Å². The summed E-state index contributed by atoms with van der Waals surface area (Å²) in [4.78, 5) is 12.1. The topological polar surface area (TPSA) is 29.1 Å². The smallest absolute Gasteiger partial charge is 0.256 e. The van der Waals surface area contributed by atoms with Gasteiger partial charge >= 0.3 is 0 Å². The number of hydrogen-bond acceptors (Lipinski definition) is 1. The molecule has 0 aromatic heterocycles. The minimum atomic E-state index is -0.413. The Labute approximate surface area is 139 Å². The largest absolute Gasteiger partial charge is 0.319 e. The number of benzene rings is 3. The molecule has 3 aromatic rings. The molecule has 0 radical (unpaired) electrons. The number of amides is 1. The first-order valence-electron chi connectivity index (χ1n) is 7.70. The zero-order valence-corrected chi connectivity index (χ0v) is 12.8. The Hall–Kier alpha value is -3.20. The number of hydrogen-bond donors (Lipinski definition) is 1. The SMILES string of the molecule is O=C1Nc2c(F)cccc2/C1=C/c1ccc(-c2ccccc2)cc1. The average molecular weight is 315 g/mol. The van der Waals surface area contributed by atoms with E-state index in [-0.39, 0.29) is 11.6 Å². The zero-order chi connectivity index (χ0) is 16.5. The van der Waals surface area contributed by atoms with Crippen LogP contribution < -0.4 is 5.32 Å². The van der Waals surface area contributed by atoms with Crippen molar-refractivity contribution in [1.29, 1.82) is 0 Å². The quantitative estimate of drug-likeness (QED) is 0.664. The summed E-state index contributed by atoms with van der Waals surface area (Å²) in [6.07, 6.45) is 1.79. The van der Waals surface area contributed by atoms with Crippen LogP contribution in [0.3, 0.4) is 0 Å². The lowest BCUT2D eigenvalue weighted by Crippen LogP contribution is -2.04. The molecule has 3 aromatic carbocycles. The van der Waals surface area contributed by atoms with Crippen LogP contribution in [0.4, 0.5) is 10.1 Å². The summed E-state index contributed by atoms with van der Waals surface area (Å²) in [6, 6.07) is 22.7. The molecule has 1 aliphatic heterocycles. The van der Waals surface area contributed by atoms with Crippen molar-refractivity contribution in [2.45, 2.75) is 0 Å². The van der Waals surface area contributed by atoms with Gasteiger partial charge in [-0.15, -0.1) is 0 Å². The van der Waals surface area contributed by atoms with Crippen molar-refractivity contribution in [3.63, 3.8) is 0 Å². The van der Waals surface area contributed by atoms with E-state index in [1.165, 1.54) is 6.07 Å². The van der Waals surface area contributed by atoms with Crippen molar-refractivity contribution < 1.29 is 9.18 Å². The number of carbonyl (C=O) groups excluding carboxylic acids is 1. The zero-order valence-electron chi connectivity index (χ0n) is 12.8. The lowest BCUT2D eigenvalue weighted by atomic mass is 10.0. The minimum Gasteiger partial charge on any atom is -0.319 e. The van der Waals surface area contributed by atoms with Gasteiger partial charge in [0.05, 0.1) is 5.69 Å². The molecule has 0 atom stereocenters. The molecule has 0 spiro atoms. The number of halogens is 1. The van der Waals surface area contributed by atoms with E-state index in [0.717, 1.165) is 16.7 Å². The second-order valence-electron chi connectivity index (χ2n) is 5.66. The van der Waals surface area contributed by atoms with Gasteiger partial charge in [0.15, 0.2) is 0 Å². The fraction of sp³-hybridized carbons (Fsp3) is 0. The maximum atomic E-state index is 13.8. The molecule has 2 nitrogen and oxygen atoms in total. The highest BCUT2D eigenvalue weighted by molar-refractivity contribution is 6.34. The molecule has 3 heteroatoms. The summed E-state index contributed by atoms with van der Waals surface area (Å²) in [6.45, 7) is 0. The van der Waals surface area contributed by atoms with Crippen molar-refractivity contribution in [3.8, 4) is 11.1 Å². The summed E-state index contributed by atoms with van der Waals surface area (Å²) in [7, 11) is 0. The van der Waals surface area contributed by atoms with Crippen LogP contribution in [0, 0.1) is 5.82 Å². The van der Waals surface area contributed by atoms with Crippen LogP contribution in [0.1, 0.15) is 11.1 Å². The maximum Gasteiger partial charge on any atom is 0.256 e. The van der Waals surface area contributed by atoms with E-state index < -0.39 is 5.82 Å². The van der Waals surface area contributed by atoms with E-state index in [9.17, 15) is 9.18 Å². The van der Waals surface area contributed by atoms with E-state index in [1.54, 1.807) is 18.2 Å². The van der Waals surface area contributed by atoms with Crippen molar-refractivity contribution >= 4 is 23.2 Å². The Morgan fingerprint density at radius 2 is 1.50 bits per heavy atom. The Bertz CT molecular complexity index is 943. The minimum absolute atomic E-state index is 0.259. The van der Waals surface area contributed by atoms with Crippen LogP contribution in [0.15, 0.2) is 72.8 Å². The second-order valence-corrected chi connectivity index (χ2v) is 5.66. The third kappa shape index (κ3) is 2.50. The monoisotopic (exact) mass is 315 g/mol. The highest BCUT2D eigenvalue weighted by atomic mass is 19.1. The van der Waals surface area contributed by atoms with Gasteiger partial charge in [-0.05, 0) is 28.8 Å². The van der Waals surface area contributed by atoms with E-state index in [2.05, 4.69) is 17.4 Å². The van der Waals surface area contributed by atoms with Crippen molar-refractivity contribution in [2.24, 2.45) is 0 Å². The Kier molecular flexibility index (Phi) is 3.47. The molecule has 1 aliphatic rings. The van der Waals surface area contributed by atoms with Crippen LogP contribution in [0.2, 0.25) is 0 Å². The first-order chi connectivity index (χ1) is 11.7. The highest BCUT2D eigenvalue weighted by Crippen LogP contribution is 2.35. The molecular formula is C21H14FNO. The summed E-state index contributed by atoms with van der Waals surface area (Å²) < 4.78 is 13.8. The van der Waals surface area contributed by atoms with Gasteiger partial charge in [0.1, 0.15) is 5.82 Å². The highest BCUT2D eigenvalue weighted by Gasteiger charge is 2.26. The van der Waals surface area contributed by atoms with E-state index >= 15 is 0 Å². The van der Waals surface area contributed by atoms with Crippen molar-refractivity contribution in [1.82, 2.24) is 0 Å².